The zero-order valence-corrected chi connectivity index (χ0v) is 13.1. The molecule has 1 aliphatic carbocycles. The van der Waals surface area contributed by atoms with Crippen LogP contribution in [-0.2, 0) is 0 Å². The Bertz CT molecular complexity index is 455. The molecule has 0 saturated heterocycles. The van der Waals surface area contributed by atoms with E-state index in [2.05, 4.69) is 78.0 Å². The highest BCUT2D eigenvalue weighted by atomic mass is 16.0. The minimum absolute atomic E-state index is 0. The van der Waals surface area contributed by atoms with E-state index in [4.69, 9.17) is 0 Å². The quantitative estimate of drug-likeness (QED) is 0.655. The number of rotatable bonds is 0. The van der Waals surface area contributed by atoms with Gasteiger partial charge in [-0.3, -0.25) is 0 Å². The van der Waals surface area contributed by atoms with Crippen LogP contribution in [0.5, 0.6) is 0 Å². The lowest BCUT2D eigenvalue weighted by molar-refractivity contribution is 0.548. The van der Waals surface area contributed by atoms with Crippen LogP contribution in [-0.4, -0.2) is 5.48 Å². The van der Waals surface area contributed by atoms with Crippen LogP contribution in [0.25, 0.3) is 0 Å². The van der Waals surface area contributed by atoms with Gasteiger partial charge in [-0.2, -0.15) is 0 Å². The highest BCUT2D eigenvalue weighted by Crippen LogP contribution is 2.21. The number of hydrogen-bond donors (Lipinski definition) is 0. The first-order valence-corrected chi connectivity index (χ1v) is 6.80. The highest BCUT2D eigenvalue weighted by Gasteiger charge is 2.08. The third-order valence-electron chi connectivity index (χ3n) is 3.68. The van der Waals surface area contributed by atoms with Crippen molar-refractivity contribution in [2.45, 2.75) is 41.5 Å². The second kappa shape index (κ2) is 7.96. The molecular weight excluding hydrogens is 232 g/mol. The van der Waals surface area contributed by atoms with Gasteiger partial charge in [-0.25, -0.2) is 0 Å². The fourth-order valence-corrected chi connectivity index (χ4v) is 1.99. The van der Waals surface area contributed by atoms with Crippen LogP contribution in [0.1, 0.15) is 37.5 Å². The minimum Gasteiger partial charge on any atom is -0.412 e. The van der Waals surface area contributed by atoms with Crippen LogP contribution >= 0.6 is 0 Å². The van der Waals surface area contributed by atoms with Gasteiger partial charge < -0.3 is 5.48 Å². The normalized spacial score (nSPS) is 20.8. The first-order chi connectivity index (χ1) is 8.40. The lowest BCUT2D eigenvalue weighted by Crippen LogP contribution is -2.05. The molecule has 106 valence electrons. The monoisotopic (exact) mass is 260 g/mol. The second-order valence-corrected chi connectivity index (χ2v) is 5.58. The molecule has 0 heterocycles. The van der Waals surface area contributed by atoms with Gasteiger partial charge >= 0.3 is 0 Å². The van der Waals surface area contributed by atoms with Crippen molar-refractivity contribution in [3.63, 3.8) is 0 Å². The summed E-state index contributed by atoms with van der Waals surface area (Å²) in [5, 5.41) is 0. The van der Waals surface area contributed by atoms with E-state index in [0.29, 0.717) is 0 Å². The minimum atomic E-state index is 0. The molecule has 1 aromatic rings. The molecule has 1 aromatic carbocycles. The standard InChI is InChI=1S/C9H14.C9H12.H2O/c2*1-7-4-5-8(2)9(3)6-7;/h4-6,8-9H,1-3H3;4-6H,1-3H3;1H2. The van der Waals surface area contributed by atoms with Gasteiger partial charge in [-0.15, -0.1) is 0 Å². The Kier molecular flexibility index (Phi) is 7.40. The van der Waals surface area contributed by atoms with Gasteiger partial charge in [0, 0.05) is 0 Å². The molecule has 0 spiro atoms. The van der Waals surface area contributed by atoms with Gasteiger partial charge in [-0.1, -0.05) is 61.4 Å². The topological polar surface area (TPSA) is 31.5 Å². The van der Waals surface area contributed by atoms with Gasteiger partial charge in [0.15, 0.2) is 0 Å². The predicted octanol–water partition coefficient (Wildman–Crippen LogP) is 4.56. The lowest BCUT2D eigenvalue weighted by Gasteiger charge is -2.16. The zero-order chi connectivity index (χ0) is 13.7. The van der Waals surface area contributed by atoms with E-state index in [1.54, 1.807) is 0 Å². The van der Waals surface area contributed by atoms with E-state index in [1.165, 1.54) is 22.3 Å². The van der Waals surface area contributed by atoms with Crippen molar-refractivity contribution in [2.75, 3.05) is 0 Å². The molecule has 2 atom stereocenters. The molecule has 0 aromatic heterocycles. The van der Waals surface area contributed by atoms with Crippen LogP contribution < -0.4 is 0 Å². The largest absolute Gasteiger partial charge is 0.412 e. The lowest BCUT2D eigenvalue weighted by atomic mass is 9.89. The van der Waals surface area contributed by atoms with Crippen molar-refractivity contribution >= 4 is 0 Å². The first-order valence-electron chi connectivity index (χ1n) is 6.80. The summed E-state index contributed by atoms with van der Waals surface area (Å²) in [4.78, 5) is 0. The van der Waals surface area contributed by atoms with Crippen LogP contribution in [0.2, 0.25) is 0 Å². The molecule has 2 unspecified atom stereocenters. The van der Waals surface area contributed by atoms with Crippen molar-refractivity contribution in [3.8, 4) is 0 Å². The van der Waals surface area contributed by atoms with Crippen LogP contribution in [0.15, 0.2) is 42.0 Å². The molecule has 19 heavy (non-hydrogen) atoms. The molecule has 0 fully saturated rings. The van der Waals surface area contributed by atoms with Gasteiger partial charge in [-0.05, 0) is 50.7 Å². The molecular formula is C18H28O. The first kappa shape index (κ1) is 17.7. The van der Waals surface area contributed by atoms with Crippen molar-refractivity contribution < 1.29 is 5.48 Å². The number of hydrogen-bond acceptors (Lipinski definition) is 0. The highest BCUT2D eigenvalue weighted by molar-refractivity contribution is 5.28. The Labute approximate surface area is 118 Å². The molecule has 1 nitrogen and oxygen atoms in total. The van der Waals surface area contributed by atoms with E-state index in [-0.39, 0.29) is 5.48 Å². The Balaban J connectivity index is 0.000000324. The maximum Gasteiger partial charge on any atom is -0.0196 e. The number of benzene rings is 1. The molecule has 0 amide bonds. The SMILES string of the molecule is CC1=CC(C)C(C)C=C1.Cc1ccc(C)c(C)c1.O. The summed E-state index contributed by atoms with van der Waals surface area (Å²) in [5.41, 5.74) is 5.51. The summed E-state index contributed by atoms with van der Waals surface area (Å²) < 4.78 is 0. The van der Waals surface area contributed by atoms with E-state index in [0.717, 1.165) is 11.8 Å². The van der Waals surface area contributed by atoms with Crippen molar-refractivity contribution in [2.24, 2.45) is 11.8 Å². The van der Waals surface area contributed by atoms with Crippen LogP contribution in [0.3, 0.4) is 0 Å². The predicted molar refractivity (Wildman–Crippen MR) is 85.5 cm³/mol. The van der Waals surface area contributed by atoms with Gasteiger partial charge in [0.1, 0.15) is 0 Å². The molecule has 0 aliphatic heterocycles. The molecule has 2 rings (SSSR count). The molecule has 1 heteroatoms. The average molecular weight is 260 g/mol. The Morgan fingerprint density at radius 3 is 1.89 bits per heavy atom. The molecule has 2 N–H and O–H groups in total. The molecule has 0 bridgehead atoms. The molecule has 0 radical (unpaired) electrons. The fourth-order valence-electron chi connectivity index (χ4n) is 1.99. The van der Waals surface area contributed by atoms with Gasteiger partial charge in [0.05, 0.1) is 0 Å². The summed E-state index contributed by atoms with van der Waals surface area (Å²) in [7, 11) is 0. The maximum atomic E-state index is 2.32. The van der Waals surface area contributed by atoms with Crippen molar-refractivity contribution in [3.05, 3.63) is 58.7 Å². The third-order valence-corrected chi connectivity index (χ3v) is 3.68. The smallest absolute Gasteiger partial charge is 0.0196 e. The van der Waals surface area contributed by atoms with Gasteiger partial charge in [0.2, 0.25) is 0 Å². The van der Waals surface area contributed by atoms with E-state index < -0.39 is 0 Å². The van der Waals surface area contributed by atoms with Crippen molar-refractivity contribution in [1.82, 2.24) is 0 Å². The van der Waals surface area contributed by atoms with E-state index in [1.807, 2.05) is 0 Å². The summed E-state index contributed by atoms with van der Waals surface area (Å²) in [6, 6.07) is 6.50. The maximum absolute atomic E-state index is 2.32. The second-order valence-electron chi connectivity index (χ2n) is 5.58. The van der Waals surface area contributed by atoms with E-state index in [9.17, 15) is 0 Å². The van der Waals surface area contributed by atoms with Crippen LogP contribution in [0, 0.1) is 32.6 Å². The third kappa shape index (κ3) is 5.89. The number of allylic oxidation sites excluding steroid dienone is 4. The van der Waals surface area contributed by atoms with E-state index >= 15 is 0 Å². The summed E-state index contributed by atoms with van der Waals surface area (Å²) >= 11 is 0. The molecule has 1 aliphatic rings. The Hall–Kier alpha value is -1.34. The van der Waals surface area contributed by atoms with Crippen LogP contribution in [0.4, 0.5) is 0 Å². The van der Waals surface area contributed by atoms with Crippen molar-refractivity contribution in [1.29, 1.82) is 0 Å². The summed E-state index contributed by atoms with van der Waals surface area (Å²) in [6.45, 7) is 13.1. The summed E-state index contributed by atoms with van der Waals surface area (Å²) in [5.74, 6) is 1.46. The van der Waals surface area contributed by atoms with Gasteiger partial charge in [0.25, 0.3) is 0 Å². The Morgan fingerprint density at radius 1 is 0.842 bits per heavy atom. The Morgan fingerprint density at radius 2 is 1.47 bits per heavy atom. The summed E-state index contributed by atoms with van der Waals surface area (Å²) in [6.07, 6.45) is 6.80. The average Bonchev–Trinajstić information content (AvgIpc) is 2.30. The fraction of sp³-hybridized carbons (Fsp3) is 0.444. The zero-order valence-electron chi connectivity index (χ0n) is 13.1. The number of aryl methyl sites for hydroxylation is 3. The molecule has 0 saturated carbocycles.